The Kier molecular flexibility index (Phi) is 3.80. The first-order valence-electron chi connectivity index (χ1n) is 4.85. The van der Waals surface area contributed by atoms with Gasteiger partial charge < -0.3 is 0 Å². The summed E-state index contributed by atoms with van der Waals surface area (Å²) in [7, 11) is 0. The summed E-state index contributed by atoms with van der Waals surface area (Å²) in [5.41, 5.74) is 1.53. The fraction of sp³-hybridized carbons (Fsp3) is 0.636. The van der Waals surface area contributed by atoms with E-state index in [0.717, 1.165) is 5.92 Å². The summed E-state index contributed by atoms with van der Waals surface area (Å²) in [5, 5.41) is 2.31. The Morgan fingerprint density at radius 2 is 2.17 bits per heavy atom. The normalized spacial score (nSPS) is 13.2. The van der Waals surface area contributed by atoms with Crippen molar-refractivity contribution < 1.29 is 0 Å². The molecule has 0 bridgehead atoms. The van der Waals surface area contributed by atoms with Crippen molar-refractivity contribution in [1.82, 2.24) is 0 Å². The van der Waals surface area contributed by atoms with E-state index in [1.165, 1.54) is 24.8 Å². The maximum atomic E-state index is 2.38. The number of rotatable bonds is 4. The predicted octanol–water partition coefficient (Wildman–Crippen LogP) is 4.21. The molecule has 1 aromatic heterocycles. The maximum Gasteiger partial charge on any atom is 0.00761 e. The summed E-state index contributed by atoms with van der Waals surface area (Å²) in [5.74, 6) is 0.751. The molecule has 0 saturated carbocycles. The third-order valence-corrected chi connectivity index (χ3v) is 3.52. The Hall–Kier alpha value is -0.300. The van der Waals surface area contributed by atoms with Gasteiger partial charge in [0.25, 0.3) is 0 Å². The summed E-state index contributed by atoms with van der Waals surface area (Å²) in [4.78, 5) is 1.56. The van der Waals surface area contributed by atoms with Gasteiger partial charge in [0.05, 0.1) is 0 Å². The molecule has 0 saturated heterocycles. The van der Waals surface area contributed by atoms with Crippen molar-refractivity contribution in [2.24, 2.45) is 0 Å². The Bertz CT molecular complexity index is 225. The zero-order valence-corrected chi connectivity index (χ0v) is 9.08. The van der Waals surface area contributed by atoms with Crippen LogP contribution in [0.4, 0.5) is 0 Å². The first-order chi connectivity index (χ1) is 5.77. The van der Waals surface area contributed by atoms with Gasteiger partial charge in [0, 0.05) is 4.88 Å². The quantitative estimate of drug-likeness (QED) is 0.654. The van der Waals surface area contributed by atoms with Crippen LogP contribution in [0, 0.1) is 0 Å². The standard InChI is InChI=1S/C11H18S/c1-4-6-10-7-11(12-8-10)9(3)5-2/h7-9H,4-6H2,1-3H3. The highest BCUT2D eigenvalue weighted by molar-refractivity contribution is 7.10. The number of aryl methyl sites for hydroxylation is 1. The smallest absolute Gasteiger partial charge is 0.00761 e. The molecule has 0 fully saturated rings. The van der Waals surface area contributed by atoms with Gasteiger partial charge in [-0.1, -0.05) is 27.2 Å². The van der Waals surface area contributed by atoms with Crippen molar-refractivity contribution in [1.29, 1.82) is 0 Å². The van der Waals surface area contributed by atoms with Crippen molar-refractivity contribution in [2.75, 3.05) is 0 Å². The van der Waals surface area contributed by atoms with Crippen molar-refractivity contribution in [3.63, 3.8) is 0 Å². The molecule has 0 radical (unpaired) electrons. The van der Waals surface area contributed by atoms with E-state index >= 15 is 0 Å². The van der Waals surface area contributed by atoms with Gasteiger partial charge in [0.15, 0.2) is 0 Å². The van der Waals surface area contributed by atoms with E-state index in [4.69, 9.17) is 0 Å². The van der Waals surface area contributed by atoms with Crippen LogP contribution in [0.3, 0.4) is 0 Å². The largest absolute Gasteiger partial charge is 0.148 e. The number of hydrogen-bond donors (Lipinski definition) is 0. The van der Waals surface area contributed by atoms with Gasteiger partial charge in [-0.2, -0.15) is 0 Å². The molecule has 1 atom stereocenters. The second-order valence-electron chi connectivity index (χ2n) is 3.42. The van der Waals surface area contributed by atoms with E-state index < -0.39 is 0 Å². The predicted molar refractivity (Wildman–Crippen MR) is 57.0 cm³/mol. The minimum Gasteiger partial charge on any atom is -0.148 e. The molecule has 1 unspecified atom stereocenters. The second-order valence-corrected chi connectivity index (χ2v) is 4.36. The summed E-state index contributed by atoms with van der Waals surface area (Å²) in [6.07, 6.45) is 3.76. The van der Waals surface area contributed by atoms with Gasteiger partial charge >= 0.3 is 0 Å². The van der Waals surface area contributed by atoms with Crippen molar-refractivity contribution >= 4 is 11.3 Å². The van der Waals surface area contributed by atoms with Crippen LogP contribution < -0.4 is 0 Å². The zero-order valence-electron chi connectivity index (χ0n) is 8.26. The van der Waals surface area contributed by atoms with Gasteiger partial charge in [0.2, 0.25) is 0 Å². The second kappa shape index (κ2) is 4.66. The Morgan fingerprint density at radius 3 is 2.75 bits per heavy atom. The lowest BCUT2D eigenvalue weighted by Gasteiger charge is -2.02. The van der Waals surface area contributed by atoms with E-state index in [9.17, 15) is 0 Å². The van der Waals surface area contributed by atoms with E-state index in [1.54, 1.807) is 4.88 Å². The number of thiophene rings is 1. The van der Waals surface area contributed by atoms with Crippen LogP contribution in [0.5, 0.6) is 0 Å². The van der Waals surface area contributed by atoms with Crippen LogP contribution >= 0.6 is 11.3 Å². The lowest BCUT2D eigenvalue weighted by molar-refractivity contribution is 0.746. The van der Waals surface area contributed by atoms with Gasteiger partial charge in [-0.25, -0.2) is 0 Å². The molecular weight excluding hydrogens is 164 g/mol. The van der Waals surface area contributed by atoms with Crippen LogP contribution in [-0.2, 0) is 6.42 Å². The third-order valence-electron chi connectivity index (χ3n) is 2.31. The third kappa shape index (κ3) is 2.34. The molecule has 0 spiro atoms. The molecule has 0 nitrogen and oxygen atoms in total. The molecular formula is C11H18S. The fourth-order valence-electron chi connectivity index (χ4n) is 1.27. The highest BCUT2D eigenvalue weighted by Crippen LogP contribution is 2.26. The SMILES string of the molecule is CCCc1csc(C(C)CC)c1. The molecule has 0 aliphatic rings. The Morgan fingerprint density at radius 1 is 1.42 bits per heavy atom. The molecule has 1 heteroatoms. The van der Waals surface area contributed by atoms with Crippen molar-refractivity contribution in [3.05, 3.63) is 21.9 Å². The van der Waals surface area contributed by atoms with Gasteiger partial charge in [0.1, 0.15) is 0 Å². The maximum absolute atomic E-state index is 2.38. The molecule has 0 N–H and O–H groups in total. The molecule has 1 aromatic rings. The highest BCUT2D eigenvalue weighted by Gasteiger charge is 2.05. The molecule has 0 aliphatic heterocycles. The molecule has 0 aromatic carbocycles. The van der Waals surface area contributed by atoms with E-state index in [0.29, 0.717) is 0 Å². The lowest BCUT2D eigenvalue weighted by atomic mass is 10.1. The monoisotopic (exact) mass is 182 g/mol. The minimum atomic E-state index is 0.751. The summed E-state index contributed by atoms with van der Waals surface area (Å²) < 4.78 is 0. The molecule has 0 amide bonds. The van der Waals surface area contributed by atoms with Crippen LogP contribution in [0.15, 0.2) is 11.4 Å². The van der Waals surface area contributed by atoms with Gasteiger partial charge in [-0.15, -0.1) is 11.3 Å². The van der Waals surface area contributed by atoms with Crippen LogP contribution in [0.2, 0.25) is 0 Å². The van der Waals surface area contributed by atoms with Crippen LogP contribution in [0.1, 0.15) is 50.0 Å². The average Bonchev–Trinajstić information content (AvgIpc) is 2.52. The Balaban J connectivity index is 2.63. The molecule has 12 heavy (non-hydrogen) atoms. The Labute approximate surface area is 79.6 Å². The number of hydrogen-bond acceptors (Lipinski definition) is 1. The molecule has 0 aliphatic carbocycles. The zero-order chi connectivity index (χ0) is 8.97. The average molecular weight is 182 g/mol. The molecule has 1 rings (SSSR count). The minimum absolute atomic E-state index is 0.751. The molecule has 1 heterocycles. The van der Waals surface area contributed by atoms with Crippen molar-refractivity contribution in [3.8, 4) is 0 Å². The summed E-state index contributed by atoms with van der Waals surface area (Å²) >= 11 is 1.92. The van der Waals surface area contributed by atoms with E-state index in [1.807, 2.05) is 11.3 Å². The summed E-state index contributed by atoms with van der Waals surface area (Å²) in [6, 6.07) is 2.38. The van der Waals surface area contributed by atoms with E-state index in [-0.39, 0.29) is 0 Å². The lowest BCUT2D eigenvalue weighted by Crippen LogP contribution is -1.85. The molecule has 68 valence electrons. The van der Waals surface area contributed by atoms with Crippen LogP contribution in [0.25, 0.3) is 0 Å². The van der Waals surface area contributed by atoms with E-state index in [2.05, 4.69) is 32.2 Å². The van der Waals surface area contributed by atoms with Gasteiger partial charge in [-0.05, 0) is 35.8 Å². The van der Waals surface area contributed by atoms with Crippen molar-refractivity contribution in [2.45, 2.75) is 46.0 Å². The van der Waals surface area contributed by atoms with Gasteiger partial charge in [-0.3, -0.25) is 0 Å². The fourth-order valence-corrected chi connectivity index (χ4v) is 2.37. The first-order valence-corrected chi connectivity index (χ1v) is 5.73. The van der Waals surface area contributed by atoms with Crippen LogP contribution in [-0.4, -0.2) is 0 Å². The highest BCUT2D eigenvalue weighted by atomic mass is 32.1. The topological polar surface area (TPSA) is 0 Å². The first kappa shape index (κ1) is 9.79. The summed E-state index contributed by atoms with van der Waals surface area (Å²) in [6.45, 7) is 6.80.